The van der Waals surface area contributed by atoms with Crippen molar-refractivity contribution >= 4 is 17.6 Å². The van der Waals surface area contributed by atoms with Crippen molar-refractivity contribution in [3.05, 3.63) is 48.2 Å². The average Bonchev–Trinajstić information content (AvgIpc) is 3.22. The quantitative estimate of drug-likeness (QED) is 0.824. The summed E-state index contributed by atoms with van der Waals surface area (Å²) in [5, 5.41) is 7.21. The third-order valence-electron chi connectivity index (χ3n) is 6.27. The number of piperidine rings is 2. The number of nitrogens with one attached hydrogen (secondary N) is 1. The van der Waals surface area contributed by atoms with Crippen LogP contribution >= 0.6 is 0 Å². The van der Waals surface area contributed by atoms with Crippen LogP contribution in [0, 0.1) is 0 Å². The number of nitrogens with zero attached hydrogens (tertiary/aromatic N) is 4. The summed E-state index contributed by atoms with van der Waals surface area (Å²) in [6.07, 6.45) is 5.75. The third kappa shape index (κ3) is 4.90. The molecule has 2 fully saturated rings. The zero-order chi connectivity index (χ0) is 20.9. The fraction of sp³-hybridized carbons (Fsp3) is 0.522. The smallest absolute Gasteiger partial charge is 0.236 e. The van der Waals surface area contributed by atoms with Gasteiger partial charge in [-0.05, 0) is 43.7 Å². The molecule has 7 nitrogen and oxygen atoms in total. The molecule has 160 valence electrons. The van der Waals surface area contributed by atoms with Crippen molar-refractivity contribution in [2.24, 2.45) is 0 Å². The van der Waals surface area contributed by atoms with Crippen LogP contribution in [0.3, 0.4) is 0 Å². The normalized spacial score (nSPS) is 20.8. The molecule has 0 spiro atoms. The van der Waals surface area contributed by atoms with Crippen LogP contribution in [0.4, 0.5) is 5.82 Å². The molecule has 4 rings (SSSR count). The molecule has 0 aliphatic carbocycles. The van der Waals surface area contributed by atoms with Gasteiger partial charge in [-0.2, -0.15) is 5.10 Å². The predicted octanol–water partition coefficient (Wildman–Crippen LogP) is 2.88. The summed E-state index contributed by atoms with van der Waals surface area (Å²) in [5.41, 5.74) is 1.38. The van der Waals surface area contributed by atoms with Crippen molar-refractivity contribution in [2.45, 2.75) is 44.6 Å². The largest absolute Gasteiger partial charge is 0.341 e. The standard InChI is InChI=1S/C23H31N5O2/c1-18(29)25-22-9-12-24-28(22)21-10-14-27(15-11-21)23(30)17-26-13-5-8-20(16-26)19-6-3-2-4-7-19/h2-4,6-7,9,12,20-21H,5,8,10-11,13-17H2,1H3,(H,25,29). The molecule has 3 heterocycles. The van der Waals surface area contributed by atoms with E-state index in [0.717, 1.165) is 51.3 Å². The number of hydrogen-bond acceptors (Lipinski definition) is 4. The van der Waals surface area contributed by atoms with E-state index in [1.54, 1.807) is 6.20 Å². The van der Waals surface area contributed by atoms with Gasteiger partial charge in [0, 0.05) is 32.6 Å². The maximum Gasteiger partial charge on any atom is 0.236 e. The molecule has 2 amide bonds. The third-order valence-corrected chi connectivity index (χ3v) is 6.27. The number of anilines is 1. The molecular formula is C23H31N5O2. The first-order chi connectivity index (χ1) is 14.6. The van der Waals surface area contributed by atoms with Gasteiger partial charge in [-0.3, -0.25) is 14.5 Å². The number of aromatic nitrogens is 2. The summed E-state index contributed by atoms with van der Waals surface area (Å²) in [6, 6.07) is 12.7. The molecule has 30 heavy (non-hydrogen) atoms. The van der Waals surface area contributed by atoms with E-state index < -0.39 is 0 Å². The van der Waals surface area contributed by atoms with E-state index in [-0.39, 0.29) is 17.9 Å². The van der Waals surface area contributed by atoms with Gasteiger partial charge in [0.1, 0.15) is 5.82 Å². The molecule has 2 saturated heterocycles. The minimum atomic E-state index is -0.0975. The van der Waals surface area contributed by atoms with Gasteiger partial charge in [0.25, 0.3) is 0 Å². The summed E-state index contributed by atoms with van der Waals surface area (Å²) in [4.78, 5) is 28.6. The molecule has 0 radical (unpaired) electrons. The Balaban J connectivity index is 1.28. The molecule has 2 aromatic rings. The van der Waals surface area contributed by atoms with Gasteiger partial charge in [0.2, 0.25) is 11.8 Å². The van der Waals surface area contributed by atoms with Crippen molar-refractivity contribution in [2.75, 3.05) is 38.0 Å². The zero-order valence-corrected chi connectivity index (χ0v) is 17.7. The topological polar surface area (TPSA) is 70.5 Å². The Labute approximate surface area is 178 Å². The lowest BCUT2D eigenvalue weighted by atomic mass is 9.90. The maximum atomic E-state index is 12.9. The van der Waals surface area contributed by atoms with E-state index in [2.05, 4.69) is 45.6 Å². The fourth-order valence-electron chi connectivity index (χ4n) is 4.73. The molecule has 2 aliphatic rings. The number of amides is 2. The first-order valence-electron chi connectivity index (χ1n) is 11.0. The van der Waals surface area contributed by atoms with Crippen LogP contribution in [0.5, 0.6) is 0 Å². The number of likely N-dealkylation sites (tertiary alicyclic amines) is 2. The summed E-state index contributed by atoms with van der Waals surface area (Å²) in [5.74, 6) is 1.38. The number of carbonyl (C=O) groups excluding carboxylic acids is 2. The molecule has 0 bridgehead atoms. The molecule has 1 atom stereocenters. The Morgan fingerprint density at radius 1 is 1.07 bits per heavy atom. The fourth-order valence-corrected chi connectivity index (χ4v) is 4.73. The van der Waals surface area contributed by atoms with Crippen molar-refractivity contribution in [3.63, 3.8) is 0 Å². The van der Waals surface area contributed by atoms with Crippen LogP contribution in [-0.4, -0.2) is 64.1 Å². The van der Waals surface area contributed by atoms with Crippen molar-refractivity contribution < 1.29 is 9.59 Å². The zero-order valence-electron chi connectivity index (χ0n) is 17.7. The van der Waals surface area contributed by atoms with E-state index in [1.165, 1.54) is 18.9 Å². The van der Waals surface area contributed by atoms with E-state index >= 15 is 0 Å². The Hall–Kier alpha value is -2.67. The highest BCUT2D eigenvalue weighted by Crippen LogP contribution is 2.28. The van der Waals surface area contributed by atoms with Crippen LogP contribution in [0.1, 0.15) is 50.1 Å². The van der Waals surface area contributed by atoms with Crippen molar-refractivity contribution in [1.29, 1.82) is 0 Å². The SMILES string of the molecule is CC(=O)Nc1ccnn1C1CCN(C(=O)CN2CCCC(c3ccccc3)C2)CC1. The summed E-state index contributed by atoms with van der Waals surface area (Å²) >= 11 is 0. The second-order valence-corrected chi connectivity index (χ2v) is 8.44. The Bertz CT molecular complexity index is 857. The monoisotopic (exact) mass is 409 g/mol. The number of benzene rings is 1. The lowest BCUT2D eigenvalue weighted by Gasteiger charge is -2.36. The second-order valence-electron chi connectivity index (χ2n) is 8.44. The number of rotatable bonds is 5. The lowest BCUT2D eigenvalue weighted by Crippen LogP contribution is -2.46. The molecule has 1 aromatic heterocycles. The minimum Gasteiger partial charge on any atom is -0.341 e. The summed E-state index contributed by atoms with van der Waals surface area (Å²) in [6.45, 7) is 5.44. The van der Waals surface area contributed by atoms with Crippen molar-refractivity contribution in [3.8, 4) is 0 Å². The van der Waals surface area contributed by atoms with E-state index in [0.29, 0.717) is 12.5 Å². The Morgan fingerprint density at radius 2 is 1.83 bits per heavy atom. The molecule has 2 aliphatic heterocycles. The van der Waals surface area contributed by atoms with Crippen LogP contribution < -0.4 is 5.32 Å². The first-order valence-corrected chi connectivity index (χ1v) is 11.0. The van der Waals surface area contributed by atoms with Crippen LogP contribution in [0.2, 0.25) is 0 Å². The molecular weight excluding hydrogens is 378 g/mol. The van der Waals surface area contributed by atoms with Gasteiger partial charge >= 0.3 is 0 Å². The van der Waals surface area contributed by atoms with Gasteiger partial charge in [-0.1, -0.05) is 30.3 Å². The summed E-state index contributed by atoms with van der Waals surface area (Å²) < 4.78 is 1.89. The molecule has 1 N–H and O–H groups in total. The van der Waals surface area contributed by atoms with E-state index in [1.807, 2.05) is 15.6 Å². The molecule has 0 saturated carbocycles. The number of hydrogen-bond donors (Lipinski definition) is 1. The summed E-state index contributed by atoms with van der Waals surface area (Å²) in [7, 11) is 0. The average molecular weight is 410 g/mol. The Kier molecular flexibility index (Phi) is 6.47. The lowest BCUT2D eigenvalue weighted by molar-refractivity contribution is -0.134. The predicted molar refractivity (Wildman–Crippen MR) is 116 cm³/mol. The van der Waals surface area contributed by atoms with Gasteiger partial charge in [0.15, 0.2) is 0 Å². The van der Waals surface area contributed by atoms with Gasteiger partial charge in [-0.25, -0.2) is 4.68 Å². The second kappa shape index (κ2) is 9.43. The van der Waals surface area contributed by atoms with Crippen molar-refractivity contribution in [1.82, 2.24) is 19.6 Å². The van der Waals surface area contributed by atoms with E-state index in [4.69, 9.17) is 0 Å². The van der Waals surface area contributed by atoms with Crippen LogP contribution in [0.25, 0.3) is 0 Å². The minimum absolute atomic E-state index is 0.0975. The van der Waals surface area contributed by atoms with Gasteiger partial charge in [0.05, 0.1) is 18.8 Å². The maximum absolute atomic E-state index is 12.9. The van der Waals surface area contributed by atoms with Crippen LogP contribution in [-0.2, 0) is 9.59 Å². The molecule has 7 heteroatoms. The molecule has 1 aromatic carbocycles. The highest BCUT2D eigenvalue weighted by Gasteiger charge is 2.28. The molecule has 1 unspecified atom stereocenters. The van der Waals surface area contributed by atoms with Gasteiger partial charge in [-0.15, -0.1) is 0 Å². The Morgan fingerprint density at radius 3 is 2.57 bits per heavy atom. The number of carbonyl (C=O) groups is 2. The van der Waals surface area contributed by atoms with Crippen LogP contribution in [0.15, 0.2) is 42.6 Å². The van der Waals surface area contributed by atoms with E-state index in [9.17, 15) is 9.59 Å². The van der Waals surface area contributed by atoms with Gasteiger partial charge < -0.3 is 10.2 Å². The highest BCUT2D eigenvalue weighted by molar-refractivity contribution is 5.87. The first kappa shape index (κ1) is 20.6. The highest BCUT2D eigenvalue weighted by atomic mass is 16.2.